The van der Waals surface area contributed by atoms with Gasteiger partial charge in [-0.05, 0) is 149 Å². The summed E-state index contributed by atoms with van der Waals surface area (Å²) in [6, 6.07) is 112. The molecule has 6 aliphatic rings. The number of aliphatic hydroxyl groups is 1. The van der Waals surface area contributed by atoms with Crippen LogP contribution in [0.5, 0.6) is 0 Å². The molecule has 12 heterocycles. The standard InChI is InChI=1S/C49H33N3.C25H21N2.C19H16N.C17H11N2.C15H18GeN.C5H8O2.CH4.Ir.Pt/c1-48(36-16-5-2-6-17-36)39-28-26-34(43-24-11-13-30-50-43)32-45(39)52-46-33-35(44-25-12-14-31-51-44)27-29-40(46)49(37-18-7-3-8-19-37,38-20-9-4-10-21-38)42-23-15-22-41(48)47(42)52;1-15-10-11-21-20(12-15)19-9-5-8-18-13-26-14-22(27(21)25(26)24(18)19)23-16(2)6-4-7-17(23)3;1-19(2)14-7-3-5-12-9-10-20-11-13-6-4-8-15(19)17(13)18(20)16(12)14;1-11-10-18-16-14-8-4-2-6-12(14)13-7-3-5-9-15(13)17(16)19-11;1-16(2,3)13-8-9-15-14-7-5-4-6-12(14)10-17(15)11-13;1-4(6)3-5(2)7;;;/h2-31H,1H3;4-12,14H,13H2,1-3H3;3-10H,11H2,1-2H3;2-7,9-10H,1H3;4-9,11H,10H2,1-3H3;3,6H,1-2H3;1H4;;/q-2;2*+1;-1;+1;;;;+2/i;2D3,4D,5D,6D,7D,8D,9D,10D,11D,12D,14D;;;;;;;. The van der Waals surface area contributed by atoms with Crippen molar-refractivity contribution in [2.24, 2.45) is 0 Å². The first kappa shape index (κ1) is 82.5. The van der Waals surface area contributed by atoms with E-state index in [2.05, 4.69) is 341 Å². The third kappa shape index (κ3) is 16.6. The van der Waals surface area contributed by atoms with E-state index in [0.29, 0.717) is 10.9 Å². The molecule has 0 spiro atoms. The predicted molar refractivity (Wildman–Crippen MR) is 587 cm³/mol. The fourth-order valence-electron chi connectivity index (χ4n) is 22.3. The molecule has 14 heteroatoms. The molecule has 1 aliphatic carbocycles. The smallest absolute Gasteiger partial charge is 0 e. The number of aryl methyl sites for hydroxylation is 1. The molecule has 1 unspecified atom stereocenters. The van der Waals surface area contributed by atoms with Crippen LogP contribution in [-0.4, -0.2) is 48.7 Å². The largest absolute Gasteiger partial charge is 2.00 e. The van der Waals surface area contributed by atoms with E-state index >= 15 is 0 Å². The molecule has 145 heavy (non-hydrogen) atoms. The third-order valence-electron chi connectivity index (χ3n) is 28.7. The van der Waals surface area contributed by atoms with Crippen molar-refractivity contribution >= 4 is 111 Å². The zero-order valence-corrected chi connectivity index (χ0v) is 88.1. The number of aromatic nitrogens is 8. The van der Waals surface area contributed by atoms with Crippen LogP contribution in [0.3, 0.4) is 0 Å². The topological polar surface area (TPSA) is 109 Å². The van der Waals surface area contributed by atoms with Gasteiger partial charge in [-0.1, -0.05) is 292 Å². The Labute approximate surface area is 897 Å². The fraction of sp³-hybridized carbons (Fsp3) is 0.145. The minimum atomic E-state index is -2.91. The minimum absolute atomic E-state index is 0. The molecule has 713 valence electrons. The molecule has 0 fully saturated rings. The summed E-state index contributed by atoms with van der Waals surface area (Å²) in [5.41, 5.74) is 28.5. The van der Waals surface area contributed by atoms with Crippen LogP contribution >= 0.6 is 0 Å². The van der Waals surface area contributed by atoms with Crippen molar-refractivity contribution in [2.45, 2.75) is 123 Å². The first-order chi connectivity index (χ1) is 74.4. The number of anilines is 3. The SMILES string of the molecule is C.CC(=O)C=C(C)O.CC1(C)c2cccc3c2-c2c4c1cccc4cc[n+]2C3.CC1(c2ccccc2)c2ccc(-c3ccccn3)[c-]c2N2c3[c-]c(-c4ccccn4)ccc3C(c3ccccc3)(c3ccccc3)c3cccc1c32.Cc1cnc2c3[c-]cccc3c3ccccc3c2n1.[2H]c1c([2H])c(C)c(-c2c([2H])n3c4c5c(c([2H])c([2H])c([2H])c5c5c([2H])c(C)c([2H])c([2H])c5[n+]24)C3)c(C([2H])([2H])[2H])c1[2H].[CH3][Ge]([CH3])([CH3])[c]1ccc2[n+](c1)Cc1ccccc1-2.[Ir].[Pt+2]. The molecular formula is C131H111GeIrN9O2Pt+2. The summed E-state index contributed by atoms with van der Waals surface area (Å²) in [6.45, 7) is 13.9. The van der Waals surface area contributed by atoms with Crippen molar-refractivity contribution < 1.29 is 82.4 Å². The van der Waals surface area contributed by atoms with Gasteiger partial charge in [-0.15, -0.1) is 77.2 Å². The van der Waals surface area contributed by atoms with Gasteiger partial charge < -0.3 is 25.0 Å². The van der Waals surface area contributed by atoms with Crippen LogP contribution in [0.25, 0.3) is 127 Å². The molecule has 1 N–H and O–H groups in total. The summed E-state index contributed by atoms with van der Waals surface area (Å²) in [7, 11) is 0. The number of aliphatic hydroxyl groups excluding tert-OH is 1. The second-order valence-corrected chi connectivity index (χ2v) is 49.6. The number of nitrogens with zero attached hydrogens (tertiary/aromatic N) is 9. The maximum absolute atomic E-state index is 10.0. The van der Waals surface area contributed by atoms with Gasteiger partial charge in [0.2, 0.25) is 5.69 Å². The Morgan fingerprint density at radius 3 is 1.83 bits per heavy atom. The van der Waals surface area contributed by atoms with Crippen molar-refractivity contribution in [3.8, 4) is 56.3 Å². The van der Waals surface area contributed by atoms with Gasteiger partial charge in [0, 0.05) is 104 Å². The van der Waals surface area contributed by atoms with Crippen LogP contribution < -0.4 is 22.8 Å². The van der Waals surface area contributed by atoms with Gasteiger partial charge in [0.15, 0.2) is 24.2 Å². The first-order valence-electron chi connectivity index (χ1n) is 54.5. The molecule has 1 atom stereocenters. The monoisotopic (exact) mass is 2320 g/mol. The molecule has 0 saturated heterocycles. The van der Waals surface area contributed by atoms with Crippen LogP contribution in [0.2, 0.25) is 17.3 Å². The van der Waals surface area contributed by atoms with Crippen LogP contribution in [0.4, 0.5) is 17.1 Å². The van der Waals surface area contributed by atoms with Gasteiger partial charge in [-0.2, -0.15) is 8.97 Å². The number of benzene rings is 15. The fourth-order valence-corrected chi connectivity index (χ4v) is 24.6. The molecule has 22 aromatic rings. The zero-order chi connectivity index (χ0) is 108. The molecule has 0 bridgehead atoms. The summed E-state index contributed by atoms with van der Waals surface area (Å²) in [6.07, 6.45) is 11.0. The van der Waals surface area contributed by atoms with Gasteiger partial charge in [0.1, 0.15) is 19.6 Å². The van der Waals surface area contributed by atoms with E-state index in [1.54, 1.807) is 4.40 Å². The van der Waals surface area contributed by atoms with Crippen molar-refractivity contribution in [3.05, 3.63) is 502 Å². The third-order valence-corrected chi connectivity index (χ3v) is 33.0. The Kier molecular flexibility index (Phi) is 22.2. The van der Waals surface area contributed by atoms with Gasteiger partial charge in [-0.3, -0.25) is 9.78 Å². The van der Waals surface area contributed by atoms with Crippen LogP contribution in [0.1, 0.15) is 149 Å². The molecule has 5 aliphatic heterocycles. The van der Waals surface area contributed by atoms with Crippen LogP contribution in [-0.2, 0) is 81.8 Å². The summed E-state index contributed by atoms with van der Waals surface area (Å²) < 4.78 is 120. The van der Waals surface area contributed by atoms with Gasteiger partial charge in [0.25, 0.3) is 5.65 Å². The van der Waals surface area contributed by atoms with Crippen molar-refractivity contribution in [2.75, 3.05) is 4.90 Å². The van der Waals surface area contributed by atoms with Crippen molar-refractivity contribution in [3.63, 3.8) is 0 Å². The number of pyridine rings is 5. The number of para-hydroxylation sites is 1. The van der Waals surface area contributed by atoms with E-state index in [1.165, 1.54) is 142 Å². The molecule has 15 aromatic carbocycles. The Balaban J connectivity index is 0.000000123. The Bertz CT molecular complexity index is 9630. The number of hydrogen-bond donors (Lipinski definition) is 1. The van der Waals surface area contributed by atoms with Gasteiger partial charge in [0.05, 0.1) is 51.3 Å². The molecule has 28 rings (SSSR count). The second-order valence-electron chi connectivity index (χ2n) is 39.0. The normalized spacial score (nSPS) is 15.5. The quantitative estimate of drug-likeness (QED) is 0.0403. The molecule has 7 aromatic heterocycles. The molecule has 1 radical (unpaired) electrons. The van der Waals surface area contributed by atoms with Gasteiger partial charge >= 0.3 is 127 Å². The van der Waals surface area contributed by atoms with Crippen molar-refractivity contribution in [1.82, 2.24) is 24.5 Å². The Morgan fingerprint density at radius 2 is 1.14 bits per heavy atom. The van der Waals surface area contributed by atoms with Crippen LogP contribution in [0.15, 0.2) is 395 Å². The maximum atomic E-state index is 10.0. The van der Waals surface area contributed by atoms with E-state index in [1.807, 2.05) is 68.0 Å². The number of fused-ring (bicyclic) bond motifs is 16. The van der Waals surface area contributed by atoms with Crippen LogP contribution in [0, 0.1) is 45.8 Å². The van der Waals surface area contributed by atoms with E-state index in [-0.39, 0.29) is 165 Å². The number of carbonyl (C=O) groups is 1. The average Bonchev–Trinajstić information content (AvgIpc) is 0.916. The molecular weight excluding hydrogens is 2190 g/mol. The molecule has 11 nitrogen and oxygen atoms in total. The van der Waals surface area contributed by atoms with E-state index < -0.39 is 48.6 Å². The maximum Gasteiger partial charge on any atom is 2.00 e. The number of ketones is 1. The second kappa shape index (κ2) is 39.0. The zero-order valence-electron chi connectivity index (χ0n) is 94.3. The predicted octanol–water partition coefficient (Wildman–Crippen LogP) is 28.8. The first-order valence-corrected chi connectivity index (χ1v) is 55.4. The number of imidazole rings is 1. The summed E-state index contributed by atoms with van der Waals surface area (Å²) >= 11 is -1.70. The summed E-state index contributed by atoms with van der Waals surface area (Å²) in [5.74, 6) is 7.28. The average molecular weight is 2320 g/mol. The number of rotatable bonds is 8. The van der Waals surface area contributed by atoms with E-state index in [4.69, 9.17) is 31.5 Å². The molecule has 0 saturated carbocycles. The van der Waals surface area contributed by atoms with Crippen molar-refractivity contribution in [1.29, 1.82) is 0 Å². The summed E-state index contributed by atoms with van der Waals surface area (Å²) in [5, 5.41) is 16.3. The summed E-state index contributed by atoms with van der Waals surface area (Å²) in [4.78, 5) is 31.2. The molecule has 0 amide bonds. The van der Waals surface area contributed by atoms with E-state index in [9.17, 15) is 6.17 Å². The minimum Gasteiger partial charge on any atom is 0 e. The number of hydrogen-bond acceptors (Lipinski definition) is 7. The van der Waals surface area contributed by atoms with E-state index in [0.717, 1.165) is 85.7 Å². The van der Waals surface area contributed by atoms with Gasteiger partial charge in [-0.25, -0.2) is 4.57 Å². The Hall–Kier alpha value is -14.9. The number of allylic oxidation sites excluding steroid dienone is 2. The number of carbonyl (C=O) groups excluding carboxylic acids is 1. The Morgan fingerprint density at radius 1 is 0.531 bits per heavy atom.